The van der Waals surface area contributed by atoms with Crippen LogP contribution < -0.4 is 9.47 Å². The third-order valence-corrected chi connectivity index (χ3v) is 2.35. The monoisotopic (exact) mass is 249 g/mol. The third-order valence-electron chi connectivity index (χ3n) is 2.35. The van der Waals surface area contributed by atoms with Gasteiger partial charge in [0.2, 0.25) is 0 Å². The summed E-state index contributed by atoms with van der Waals surface area (Å²) in [7, 11) is 3.25. The van der Waals surface area contributed by atoms with E-state index >= 15 is 0 Å². The second kappa shape index (κ2) is 6.02. The Hall–Kier alpha value is -2.08. The largest absolute Gasteiger partial charge is 0.497 e. The van der Waals surface area contributed by atoms with Crippen LogP contribution in [0.1, 0.15) is 0 Å². The van der Waals surface area contributed by atoms with E-state index in [0.717, 1.165) is 11.3 Å². The molecular formula is C12H15N3O3. The molecule has 96 valence electrons. The summed E-state index contributed by atoms with van der Waals surface area (Å²) in [5.41, 5.74) is 0.921. The third kappa shape index (κ3) is 2.98. The van der Waals surface area contributed by atoms with Gasteiger partial charge in [0, 0.05) is 12.7 Å². The first-order valence-corrected chi connectivity index (χ1v) is 5.52. The molecule has 1 aromatic heterocycles. The maximum Gasteiger partial charge on any atom is 0.335 e. The van der Waals surface area contributed by atoms with Gasteiger partial charge in [0.25, 0.3) is 0 Å². The molecule has 0 saturated carbocycles. The van der Waals surface area contributed by atoms with E-state index in [4.69, 9.17) is 14.2 Å². The first kappa shape index (κ1) is 12.4. The van der Waals surface area contributed by atoms with Gasteiger partial charge in [-0.05, 0) is 24.3 Å². The zero-order valence-electron chi connectivity index (χ0n) is 10.3. The topological polar surface area (TPSA) is 69.3 Å². The van der Waals surface area contributed by atoms with Crippen molar-refractivity contribution in [2.75, 3.05) is 27.4 Å². The summed E-state index contributed by atoms with van der Waals surface area (Å²) in [5.74, 6) is 1.46. The summed E-state index contributed by atoms with van der Waals surface area (Å²) < 4.78 is 15.3. The van der Waals surface area contributed by atoms with E-state index in [1.807, 2.05) is 24.3 Å². The Morgan fingerprint density at radius 2 is 1.89 bits per heavy atom. The summed E-state index contributed by atoms with van der Waals surface area (Å²) in [6, 6.07) is 7.85. The Morgan fingerprint density at radius 3 is 2.56 bits per heavy atom. The normalized spacial score (nSPS) is 10.3. The van der Waals surface area contributed by atoms with Gasteiger partial charge in [-0.1, -0.05) is 0 Å². The zero-order chi connectivity index (χ0) is 12.8. The molecule has 0 amide bonds. The van der Waals surface area contributed by atoms with Gasteiger partial charge in [-0.3, -0.25) is 5.10 Å². The van der Waals surface area contributed by atoms with Crippen molar-refractivity contribution in [3.63, 3.8) is 0 Å². The van der Waals surface area contributed by atoms with Gasteiger partial charge in [-0.25, -0.2) is 0 Å². The molecule has 0 aliphatic heterocycles. The number of ether oxygens (including phenoxy) is 3. The van der Waals surface area contributed by atoms with Crippen LogP contribution in [-0.2, 0) is 4.74 Å². The van der Waals surface area contributed by atoms with E-state index in [1.54, 1.807) is 14.2 Å². The molecule has 1 N–H and O–H groups in total. The van der Waals surface area contributed by atoms with Crippen LogP contribution in [0.2, 0.25) is 0 Å². The van der Waals surface area contributed by atoms with Gasteiger partial charge in [0.05, 0.1) is 13.7 Å². The summed E-state index contributed by atoms with van der Waals surface area (Å²) in [5, 5.41) is 6.78. The molecule has 0 aliphatic rings. The molecule has 0 unspecified atom stereocenters. The number of aromatic nitrogens is 3. The van der Waals surface area contributed by atoms with Crippen LogP contribution in [-0.4, -0.2) is 42.6 Å². The lowest BCUT2D eigenvalue weighted by molar-refractivity contribution is 0.141. The average molecular weight is 249 g/mol. The molecule has 6 heteroatoms. The number of aromatic amines is 1. The lowest BCUT2D eigenvalue weighted by atomic mass is 10.2. The standard InChI is InChI=1S/C12H15N3O3/c1-16-7-8-18-12-13-11(14-15-12)9-3-5-10(17-2)6-4-9/h3-6H,7-8H2,1-2H3,(H,13,14,15). The van der Waals surface area contributed by atoms with Gasteiger partial charge in [-0.15, -0.1) is 5.10 Å². The summed E-state index contributed by atoms with van der Waals surface area (Å²) in [6.07, 6.45) is 0. The second-order valence-electron chi connectivity index (χ2n) is 3.54. The lowest BCUT2D eigenvalue weighted by Gasteiger charge is -2.00. The fourth-order valence-corrected chi connectivity index (χ4v) is 1.41. The van der Waals surface area contributed by atoms with E-state index in [-0.39, 0.29) is 0 Å². The summed E-state index contributed by atoms with van der Waals surface area (Å²) in [6.45, 7) is 0.933. The maximum absolute atomic E-state index is 5.29. The SMILES string of the molecule is COCCOc1n[nH]c(-c2ccc(OC)cc2)n1. The van der Waals surface area contributed by atoms with Crippen molar-refractivity contribution in [3.05, 3.63) is 24.3 Å². The Labute approximate surface area is 105 Å². The van der Waals surface area contributed by atoms with Crippen molar-refractivity contribution in [3.8, 4) is 23.1 Å². The Kier molecular flexibility index (Phi) is 4.14. The molecule has 2 aromatic rings. The van der Waals surface area contributed by atoms with Crippen molar-refractivity contribution in [1.82, 2.24) is 15.2 Å². The number of rotatable bonds is 6. The minimum absolute atomic E-state index is 0.317. The van der Waals surface area contributed by atoms with Crippen LogP contribution in [0.5, 0.6) is 11.8 Å². The van der Waals surface area contributed by atoms with Crippen LogP contribution in [0.25, 0.3) is 11.4 Å². The number of nitrogens with zero attached hydrogens (tertiary/aromatic N) is 2. The number of H-pyrrole nitrogens is 1. The van der Waals surface area contributed by atoms with Crippen LogP contribution in [0.15, 0.2) is 24.3 Å². The Morgan fingerprint density at radius 1 is 1.11 bits per heavy atom. The van der Waals surface area contributed by atoms with Gasteiger partial charge in [-0.2, -0.15) is 4.98 Å². The molecular weight excluding hydrogens is 234 g/mol. The predicted octanol–water partition coefficient (Wildman–Crippen LogP) is 1.51. The molecule has 18 heavy (non-hydrogen) atoms. The summed E-state index contributed by atoms with van der Waals surface area (Å²) in [4.78, 5) is 4.22. The number of methoxy groups -OCH3 is 2. The molecule has 0 bridgehead atoms. The number of hydrogen-bond donors (Lipinski definition) is 1. The number of nitrogens with one attached hydrogen (secondary N) is 1. The molecule has 1 aromatic carbocycles. The highest BCUT2D eigenvalue weighted by atomic mass is 16.5. The molecule has 6 nitrogen and oxygen atoms in total. The van der Waals surface area contributed by atoms with Crippen molar-refractivity contribution in [2.24, 2.45) is 0 Å². The van der Waals surface area contributed by atoms with Crippen molar-refractivity contribution in [1.29, 1.82) is 0 Å². The van der Waals surface area contributed by atoms with E-state index in [0.29, 0.717) is 25.0 Å². The van der Waals surface area contributed by atoms with Crippen molar-refractivity contribution >= 4 is 0 Å². The minimum Gasteiger partial charge on any atom is -0.497 e. The van der Waals surface area contributed by atoms with Gasteiger partial charge in [0.1, 0.15) is 12.4 Å². The average Bonchev–Trinajstić information content (AvgIpc) is 2.88. The smallest absolute Gasteiger partial charge is 0.335 e. The quantitative estimate of drug-likeness (QED) is 0.786. The fourth-order valence-electron chi connectivity index (χ4n) is 1.41. The van der Waals surface area contributed by atoms with Crippen LogP contribution in [0.4, 0.5) is 0 Å². The molecule has 1 heterocycles. The van der Waals surface area contributed by atoms with Gasteiger partial charge in [0.15, 0.2) is 5.82 Å². The first-order valence-electron chi connectivity index (χ1n) is 5.52. The molecule has 0 saturated heterocycles. The highest BCUT2D eigenvalue weighted by Crippen LogP contribution is 2.20. The minimum atomic E-state index is 0.317. The lowest BCUT2D eigenvalue weighted by Crippen LogP contribution is -2.05. The summed E-state index contributed by atoms with van der Waals surface area (Å²) >= 11 is 0. The Bertz CT molecular complexity index is 482. The van der Waals surface area contributed by atoms with Gasteiger partial charge >= 0.3 is 6.01 Å². The predicted molar refractivity (Wildman–Crippen MR) is 65.7 cm³/mol. The van der Waals surface area contributed by atoms with E-state index in [9.17, 15) is 0 Å². The van der Waals surface area contributed by atoms with Crippen molar-refractivity contribution in [2.45, 2.75) is 0 Å². The molecule has 0 atom stereocenters. The van der Waals surface area contributed by atoms with E-state index < -0.39 is 0 Å². The highest BCUT2D eigenvalue weighted by molar-refractivity contribution is 5.56. The molecule has 0 spiro atoms. The molecule has 0 radical (unpaired) electrons. The van der Waals surface area contributed by atoms with Crippen LogP contribution in [0.3, 0.4) is 0 Å². The van der Waals surface area contributed by atoms with E-state index in [2.05, 4.69) is 15.2 Å². The number of hydrogen-bond acceptors (Lipinski definition) is 5. The highest BCUT2D eigenvalue weighted by Gasteiger charge is 2.06. The zero-order valence-corrected chi connectivity index (χ0v) is 10.3. The van der Waals surface area contributed by atoms with Crippen LogP contribution in [0, 0.1) is 0 Å². The molecule has 0 aliphatic carbocycles. The van der Waals surface area contributed by atoms with Gasteiger partial charge < -0.3 is 14.2 Å². The molecule has 2 rings (SSSR count). The number of benzene rings is 1. The second-order valence-corrected chi connectivity index (χ2v) is 3.54. The van der Waals surface area contributed by atoms with Crippen molar-refractivity contribution < 1.29 is 14.2 Å². The van der Waals surface area contributed by atoms with Crippen LogP contribution >= 0.6 is 0 Å². The maximum atomic E-state index is 5.29. The van der Waals surface area contributed by atoms with E-state index in [1.165, 1.54) is 0 Å². The Balaban J connectivity index is 2.04. The fraction of sp³-hybridized carbons (Fsp3) is 0.333. The first-order chi connectivity index (χ1) is 8.83. The molecule has 0 fully saturated rings.